The molecular formula is C22H30N2O4S2. The summed E-state index contributed by atoms with van der Waals surface area (Å²) in [6, 6.07) is 0. The fourth-order valence-electron chi connectivity index (χ4n) is 6.08. The van der Waals surface area contributed by atoms with Gasteiger partial charge in [-0.3, -0.25) is 0 Å². The van der Waals surface area contributed by atoms with Gasteiger partial charge in [0.15, 0.2) is 5.11 Å². The number of rotatable bonds is 6. The fourth-order valence-corrected chi connectivity index (χ4v) is 7.56. The Morgan fingerprint density at radius 3 is 2.10 bits per heavy atom. The van der Waals surface area contributed by atoms with Crippen molar-refractivity contribution < 1.29 is 19.1 Å². The molecule has 0 atom stereocenters. The smallest absolute Gasteiger partial charge is 0.348 e. The van der Waals surface area contributed by atoms with Crippen molar-refractivity contribution in [1.82, 2.24) is 5.32 Å². The molecule has 0 aliphatic heterocycles. The molecule has 0 saturated heterocycles. The lowest BCUT2D eigenvalue weighted by Crippen LogP contribution is -2.60. The lowest BCUT2D eigenvalue weighted by atomic mass is 9.53. The second-order valence-corrected chi connectivity index (χ2v) is 10.4. The van der Waals surface area contributed by atoms with Gasteiger partial charge in [0.25, 0.3) is 0 Å². The van der Waals surface area contributed by atoms with E-state index in [1.807, 2.05) is 0 Å². The number of carbonyl (C=O) groups excluding carboxylic acids is 2. The first kappa shape index (κ1) is 21.6. The van der Waals surface area contributed by atoms with Crippen molar-refractivity contribution in [3.05, 3.63) is 16.0 Å². The molecule has 4 bridgehead atoms. The summed E-state index contributed by atoms with van der Waals surface area (Å²) in [6.07, 6.45) is 7.60. The monoisotopic (exact) mass is 450 g/mol. The van der Waals surface area contributed by atoms with Crippen LogP contribution in [0.4, 0.5) is 5.00 Å². The molecule has 0 amide bonds. The first-order valence-electron chi connectivity index (χ1n) is 10.9. The third kappa shape index (κ3) is 4.08. The van der Waals surface area contributed by atoms with E-state index < -0.39 is 11.9 Å². The number of anilines is 1. The van der Waals surface area contributed by atoms with Crippen molar-refractivity contribution >= 4 is 45.6 Å². The number of thiocarbonyl (C=S) groups is 1. The van der Waals surface area contributed by atoms with Gasteiger partial charge >= 0.3 is 11.9 Å². The normalized spacial score (nSPS) is 28.8. The maximum absolute atomic E-state index is 12.6. The van der Waals surface area contributed by atoms with Crippen LogP contribution < -0.4 is 10.6 Å². The largest absolute Gasteiger partial charge is 0.462 e. The van der Waals surface area contributed by atoms with Gasteiger partial charge in [0.2, 0.25) is 0 Å². The van der Waals surface area contributed by atoms with Crippen molar-refractivity contribution in [3.63, 3.8) is 0 Å². The molecule has 0 aromatic carbocycles. The minimum atomic E-state index is -0.457. The Morgan fingerprint density at radius 2 is 1.57 bits per heavy atom. The van der Waals surface area contributed by atoms with E-state index in [-0.39, 0.29) is 18.8 Å². The van der Waals surface area contributed by atoms with Gasteiger partial charge in [-0.1, -0.05) is 0 Å². The van der Waals surface area contributed by atoms with Crippen LogP contribution in [0.25, 0.3) is 0 Å². The summed E-state index contributed by atoms with van der Waals surface area (Å²) in [6.45, 7) is 5.81. The van der Waals surface area contributed by atoms with E-state index in [0.717, 1.165) is 17.8 Å². The van der Waals surface area contributed by atoms with Crippen LogP contribution >= 0.6 is 23.6 Å². The molecule has 8 heteroatoms. The minimum absolute atomic E-state index is 0.0687. The summed E-state index contributed by atoms with van der Waals surface area (Å²) >= 11 is 6.86. The van der Waals surface area contributed by atoms with Gasteiger partial charge < -0.3 is 20.1 Å². The maximum atomic E-state index is 12.6. The lowest BCUT2D eigenvalue weighted by molar-refractivity contribution is -0.00972. The molecule has 1 aromatic rings. The van der Waals surface area contributed by atoms with Crippen molar-refractivity contribution in [1.29, 1.82) is 0 Å². The lowest BCUT2D eigenvalue weighted by Gasteiger charge is -2.57. The summed E-state index contributed by atoms with van der Waals surface area (Å²) in [5.41, 5.74) is 0.996. The fraction of sp³-hybridized carbons (Fsp3) is 0.682. The average molecular weight is 451 g/mol. The molecule has 30 heavy (non-hydrogen) atoms. The third-order valence-corrected chi connectivity index (χ3v) is 8.12. The highest BCUT2D eigenvalue weighted by Gasteiger charge is 2.51. The number of ether oxygens (including phenoxy) is 2. The maximum Gasteiger partial charge on any atom is 0.348 e. The van der Waals surface area contributed by atoms with E-state index in [9.17, 15) is 9.59 Å². The zero-order valence-electron chi connectivity index (χ0n) is 17.8. The summed E-state index contributed by atoms with van der Waals surface area (Å²) < 4.78 is 10.4. The highest BCUT2D eigenvalue weighted by molar-refractivity contribution is 7.80. The van der Waals surface area contributed by atoms with E-state index in [1.54, 1.807) is 20.8 Å². The Labute approximate surface area is 187 Å². The minimum Gasteiger partial charge on any atom is -0.462 e. The number of esters is 2. The zero-order valence-corrected chi connectivity index (χ0v) is 19.5. The molecule has 164 valence electrons. The number of hydrogen-bond acceptors (Lipinski definition) is 6. The first-order valence-corrected chi connectivity index (χ1v) is 12.1. The van der Waals surface area contributed by atoms with E-state index in [4.69, 9.17) is 21.7 Å². The van der Waals surface area contributed by atoms with E-state index in [2.05, 4.69) is 10.6 Å². The van der Waals surface area contributed by atoms with Gasteiger partial charge in [-0.2, -0.15) is 0 Å². The average Bonchev–Trinajstić information content (AvgIpc) is 2.96. The standard InChI is InChI=1S/C22H30N2O4S2/c1-4-27-19(25)16-12(3)17(20(26)28-5-2)30-18(16)23-21(29)24-22-9-13-6-14(10-22)8-15(7-13)11-22/h13-15H,4-11H2,1-3H3,(H2,23,24,29). The van der Waals surface area contributed by atoms with Crippen LogP contribution in [0.3, 0.4) is 0 Å². The van der Waals surface area contributed by atoms with Crippen molar-refractivity contribution in [2.75, 3.05) is 18.5 Å². The first-order chi connectivity index (χ1) is 14.3. The molecule has 0 unspecified atom stereocenters. The number of thiophene rings is 1. The number of carbonyl (C=O) groups is 2. The molecular weight excluding hydrogens is 420 g/mol. The quantitative estimate of drug-likeness (QED) is 0.482. The van der Waals surface area contributed by atoms with Crippen LogP contribution in [-0.2, 0) is 9.47 Å². The van der Waals surface area contributed by atoms with Gasteiger partial charge in [-0.15, -0.1) is 11.3 Å². The molecule has 5 rings (SSSR count). The molecule has 1 aromatic heterocycles. The van der Waals surface area contributed by atoms with Crippen molar-refractivity contribution in [2.45, 2.75) is 64.8 Å². The topological polar surface area (TPSA) is 76.7 Å². The summed E-state index contributed by atoms with van der Waals surface area (Å²) in [7, 11) is 0. The van der Waals surface area contributed by atoms with Crippen molar-refractivity contribution in [2.24, 2.45) is 17.8 Å². The molecule has 2 N–H and O–H groups in total. The molecule has 0 spiro atoms. The Bertz CT molecular complexity index is 828. The van der Waals surface area contributed by atoms with Gasteiger partial charge in [-0.05, 0) is 94.8 Å². The second-order valence-electron chi connectivity index (χ2n) is 8.98. The van der Waals surface area contributed by atoms with E-state index >= 15 is 0 Å². The van der Waals surface area contributed by atoms with Crippen LogP contribution in [0.5, 0.6) is 0 Å². The van der Waals surface area contributed by atoms with Crippen molar-refractivity contribution in [3.8, 4) is 0 Å². The van der Waals surface area contributed by atoms with Gasteiger partial charge in [-0.25, -0.2) is 9.59 Å². The van der Waals surface area contributed by atoms with Crippen LogP contribution in [-0.4, -0.2) is 35.8 Å². The predicted molar refractivity (Wildman–Crippen MR) is 121 cm³/mol. The molecule has 0 radical (unpaired) electrons. The van der Waals surface area contributed by atoms with Gasteiger partial charge in [0.05, 0.1) is 18.8 Å². The molecule has 4 saturated carbocycles. The predicted octanol–water partition coefficient (Wildman–Crippen LogP) is 4.67. The zero-order chi connectivity index (χ0) is 21.5. The summed E-state index contributed by atoms with van der Waals surface area (Å²) in [4.78, 5) is 25.4. The van der Waals surface area contributed by atoms with Crippen LogP contribution in [0, 0.1) is 24.7 Å². The van der Waals surface area contributed by atoms with Crippen LogP contribution in [0.15, 0.2) is 0 Å². The molecule has 1 heterocycles. The summed E-state index contributed by atoms with van der Waals surface area (Å²) in [5.74, 6) is 1.53. The van der Waals surface area contributed by atoms with Crippen LogP contribution in [0.1, 0.15) is 78.0 Å². The molecule has 6 nitrogen and oxygen atoms in total. The number of hydrogen-bond donors (Lipinski definition) is 2. The van der Waals surface area contributed by atoms with Gasteiger partial charge in [0.1, 0.15) is 9.88 Å². The molecule has 4 fully saturated rings. The van der Waals surface area contributed by atoms with E-state index in [1.165, 1.54) is 49.9 Å². The molecule has 4 aliphatic carbocycles. The third-order valence-electron chi connectivity index (χ3n) is 6.73. The van der Waals surface area contributed by atoms with Crippen LogP contribution in [0.2, 0.25) is 0 Å². The molecule has 4 aliphatic rings. The second kappa shape index (κ2) is 8.46. The Hall–Kier alpha value is -1.67. The number of nitrogens with one attached hydrogen (secondary N) is 2. The van der Waals surface area contributed by atoms with E-state index in [0.29, 0.717) is 26.1 Å². The summed E-state index contributed by atoms with van der Waals surface area (Å²) in [5, 5.41) is 7.88. The highest BCUT2D eigenvalue weighted by Crippen LogP contribution is 2.55. The highest BCUT2D eigenvalue weighted by atomic mass is 32.1. The Balaban J connectivity index is 1.54. The SMILES string of the molecule is CCOC(=O)c1sc(NC(=S)NC23CC4CC(CC(C4)C2)C3)c(C(=O)OCC)c1C. The Kier molecular flexibility index (Phi) is 6.08. The van der Waals surface area contributed by atoms with Gasteiger partial charge in [0, 0.05) is 5.54 Å². The Morgan fingerprint density at radius 1 is 1.03 bits per heavy atom.